The Morgan fingerprint density at radius 3 is 2.52 bits per heavy atom. The van der Waals surface area contributed by atoms with Crippen molar-refractivity contribution in [3.63, 3.8) is 0 Å². The lowest BCUT2D eigenvalue weighted by Crippen LogP contribution is -1.98. The average molecular weight is 370 g/mol. The van der Waals surface area contributed by atoms with Gasteiger partial charge in [0.1, 0.15) is 12.4 Å². The number of halogens is 2. The zero-order valence-corrected chi connectivity index (χ0v) is 15.3. The largest absolute Gasteiger partial charge is 0.488 e. The standard InChI is InChI=1S/C21H17Cl2NO/c1-15-7-9-19(12-20(15)23)24-13-17-11-18(22)8-10-21(17)25-14-16-5-3-2-4-6-16/h2-13H,14H2,1H3. The molecular weight excluding hydrogens is 353 g/mol. The van der Waals surface area contributed by atoms with Crippen molar-refractivity contribution in [2.75, 3.05) is 0 Å². The highest BCUT2D eigenvalue weighted by molar-refractivity contribution is 6.31. The lowest BCUT2D eigenvalue weighted by atomic mass is 10.2. The molecule has 0 aliphatic heterocycles. The molecule has 4 heteroatoms. The second-order valence-electron chi connectivity index (χ2n) is 5.65. The van der Waals surface area contributed by atoms with Gasteiger partial charge in [0.25, 0.3) is 0 Å². The van der Waals surface area contributed by atoms with Crippen molar-refractivity contribution >= 4 is 35.1 Å². The number of aliphatic imine (C=N–C) groups is 1. The first-order chi connectivity index (χ1) is 12.1. The number of aryl methyl sites for hydroxylation is 1. The molecule has 126 valence electrons. The van der Waals surface area contributed by atoms with Crippen LogP contribution in [0.4, 0.5) is 5.69 Å². The maximum atomic E-state index is 6.15. The summed E-state index contributed by atoms with van der Waals surface area (Å²) in [6, 6.07) is 21.2. The first-order valence-electron chi connectivity index (χ1n) is 7.88. The molecule has 0 spiro atoms. The molecule has 0 bridgehead atoms. The molecule has 0 atom stereocenters. The van der Waals surface area contributed by atoms with E-state index in [0.717, 1.165) is 28.1 Å². The van der Waals surface area contributed by atoms with Crippen molar-refractivity contribution < 1.29 is 4.74 Å². The summed E-state index contributed by atoms with van der Waals surface area (Å²) in [7, 11) is 0. The van der Waals surface area contributed by atoms with Gasteiger partial charge in [0.05, 0.1) is 5.69 Å². The van der Waals surface area contributed by atoms with Crippen LogP contribution in [-0.4, -0.2) is 6.21 Å². The Morgan fingerprint density at radius 2 is 1.76 bits per heavy atom. The van der Waals surface area contributed by atoms with Gasteiger partial charge in [0, 0.05) is 21.8 Å². The fourth-order valence-corrected chi connectivity index (χ4v) is 2.65. The molecule has 0 saturated carbocycles. The summed E-state index contributed by atoms with van der Waals surface area (Å²) in [5, 5.41) is 1.33. The van der Waals surface area contributed by atoms with E-state index >= 15 is 0 Å². The number of ether oxygens (including phenoxy) is 1. The van der Waals surface area contributed by atoms with E-state index in [-0.39, 0.29) is 0 Å². The summed E-state index contributed by atoms with van der Waals surface area (Å²) in [5.74, 6) is 0.732. The Kier molecular flexibility index (Phi) is 5.75. The molecule has 0 unspecified atom stereocenters. The van der Waals surface area contributed by atoms with E-state index in [1.807, 2.05) is 73.7 Å². The summed E-state index contributed by atoms with van der Waals surface area (Å²) in [6.45, 7) is 2.45. The Balaban J connectivity index is 1.81. The normalized spacial score (nSPS) is 11.0. The monoisotopic (exact) mass is 369 g/mol. The van der Waals surface area contributed by atoms with E-state index in [2.05, 4.69) is 4.99 Å². The maximum absolute atomic E-state index is 6.15. The van der Waals surface area contributed by atoms with Gasteiger partial charge in [-0.3, -0.25) is 4.99 Å². The van der Waals surface area contributed by atoms with Crippen molar-refractivity contribution in [3.8, 4) is 5.75 Å². The van der Waals surface area contributed by atoms with Crippen molar-refractivity contribution in [3.05, 3.63) is 93.5 Å². The van der Waals surface area contributed by atoms with E-state index in [1.54, 1.807) is 6.21 Å². The summed E-state index contributed by atoms with van der Waals surface area (Å²) < 4.78 is 5.93. The molecule has 3 aromatic rings. The molecule has 3 aromatic carbocycles. The van der Waals surface area contributed by atoms with Crippen LogP contribution in [-0.2, 0) is 6.61 Å². The van der Waals surface area contributed by atoms with Crippen LogP contribution in [0.15, 0.2) is 71.7 Å². The second-order valence-corrected chi connectivity index (χ2v) is 6.49. The third kappa shape index (κ3) is 4.85. The van der Waals surface area contributed by atoms with Crippen molar-refractivity contribution in [2.24, 2.45) is 4.99 Å². The van der Waals surface area contributed by atoms with Crippen molar-refractivity contribution in [1.82, 2.24) is 0 Å². The van der Waals surface area contributed by atoms with Crippen LogP contribution in [0.3, 0.4) is 0 Å². The fraction of sp³-hybridized carbons (Fsp3) is 0.0952. The van der Waals surface area contributed by atoms with E-state index in [9.17, 15) is 0 Å². The minimum Gasteiger partial charge on any atom is -0.488 e. The molecule has 3 rings (SSSR count). The van der Waals surface area contributed by atoms with E-state index in [4.69, 9.17) is 27.9 Å². The van der Waals surface area contributed by atoms with Gasteiger partial charge < -0.3 is 4.74 Å². The fourth-order valence-electron chi connectivity index (χ4n) is 2.29. The van der Waals surface area contributed by atoms with Crippen LogP contribution < -0.4 is 4.74 Å². The van der Waals surface area contributed by atoms with E-state index in [0.29, 0.717) is 16.7 Å². The predicted molar refractivity (Wildman–Crippen MR) is 106 cm³/mol. The van der Waals surface area contributed by atoms with Crippen molar-refractivity contribution in [2.45, 2.75) is 13.5 Å². The smallest absolute Gasteiger partial charge is 0.128 e. The second kappa shape index (κ2) is 8.19. The zero-order chi connectivity index (χ0) is 17.6. The van der Waals surface area contributed by atoms with Gasteiger partial charge in [-0.25, -0.2) is 0 Å². The summed E-state index contributed by atoms with van der Waals surface area (Å²) >= 11 is 12.3. The first kappa shape index (κ1) is 17.5. The summed E-state index contributed by atoms with van der Waals surface area (Å²) in [4.78, 5) is 4.49. The molecular formula is C21H17Cl2NO. The van der Waals surface area contributed by atoms with Crippen LogP contribution in [0, 0.1) is 6.92 Å². The molecule has 0 saturated heterocycles. The minimum atomic E-state index is 0.486. The van der Waals surface area contributed by atoms with E-state index in [1.165, 1.54) is 0 Å². The summed E-state index contributed by atoms with van der Waals surface area (Å²) in [5.41, 5.74) is 3.73. The first-order valence-corrected chi connectivity index (χ1v) is 8.64. The van der Waals surface area contributed by atoms with Gasteiger partial charge in [-0.2, -0.15) is 0 Å². The maximum Gasteiger partial charge on any atom is 0.128 e. The lowest BCUT2D eigenvalue weighted by molar-refractivity contribution is 0.306. The van der Waals surface area contributed by atoms with Gasteiger partial charge >= 0.3 is 0 Å². The van der Waals surface area contributed by atoms with Crippen molar-refractivity contribution in [1.29, 1.82) is 0 Å². The van der Waals surface area contributed by atoms with Gasteiger partial charge in [0.15, 0.2) is 0 Å². The Labute approximate surface area is 157 Å². The number of hydrogen-bond donors (Lipinski definition) is 0. The third-order valence-electron chi connectivity index (χ3n) is 3.72. The number of nitrogens with zero attached hydrogens (tertiary/aromatic N) is 1. The van der Waals surface area contributed by atoms with E-state index < -0.39 is 0 Å². The van der Waals surface area contributed by atoms with Gasteiger partial charge in [0.2, 0.25) is 0 Å². The SMILES string of the molecule is Cc1ccc(N=Cc2cc(Cl)ccc2OCc2ccccc2)cc1Cl. The quantitative estimate of drug-likeness (QED) is 0.462. The molecule has 0 heterocycles. The topological polar surface area (TPSA) is 21.6 Å². The lowest BCUT2D eigenvalue weighted by Gasteiger charge is -2.09. The van der Waals surface area contributed by atoms with Gasteiger partial charge in [-0.05, 0) is 48.4 Å². The molecule has 0 aliphatic carbocycles. The van der Waals surface area contributed by atoms with Gasteiger partial charge in [-0.15, -0.1) is 0 Å². The predicted octanol–water partition coefficient (Wildman–Crippen LogP) is 6.63. The Morgan fingerprint density at radius 1 is 0.960 bits per heavy atom. The van der Waals surface area contributed by atoms with Crippen LogP contribution in [0.2, 0.25) is 10.0 Å². The molecule has 0 aromatic heterocycles. The molecule has 0 aliphatic rings. The number of rotatable bonds is 5. The minimum absolute atomic E-state index is 0.486. The van der Waals surface area contributed by atoms with Crippen LogP contribution in [0.25, 0.3) is 0 Å². The number of benzene rings is 3. The third-order valence-corrected chi connectivity index (χ3v) is 4.36. The molecule has 0 amide bonds. The molecule has 0 radical (unpaired) electrons. The molecule has 0 fully saturated rings. The molecule has 25 heavy (non-hydrogen) atoms. The van der Waals surface area contributed by atoms with Crippen LogP contribution >= 0.6 is 23.2 Å². The molecule has 0 N–H and O–H groups in total. The van der Waals surface area contributed by atoms with Gasteiger partial charge in [-0.1, -0.05) is 59.6 Å². The Hall–Kier alpha value is -2.29. The molecule has 2 nitrogen and oxygen atoms in total. The highest BCUT2D eigenvalue weighted by Crippen LogP contribution is 2.25. The van der Waals surface area contributed by atoms with Crippen LogP contribution in [0.5, 0.6) is 5.75 Å². The summed E-state index contributed by atoms with van der Waals surface area (Å²) in [6.07, 6.45) is 1.74. The highest BCUT2D eigenvalue weighted by atomic mass is 35.5. The Bertz CT molecular complexity index is 892. The highest BCUT2D eigenvalue weighted by Gasteiger charge is 2.04. The number of hydrogen-bond acceptors (Lipinski definition) is 2. The van der Waals surface area contributed by atoms with Crippen LogP contribution in [0.1, 0.15) is 16.7 Å². The zero-order valence-electron chi connectivity index (χ0n) is 13.7. The average Bonchev–Trinajstić information content (AvgIpc) is 2.63.